The highest BCUT2D eigenvalue weighted by molar-refractivity contribution is 5.92. The summed E-state index contributed by atoms with van der Waals surface area (Å²) in [6.45, 7) is 1.83. The molecule has 2 heterocycles. The van der Waals surface area contributed by atoms with Crippen LogP contribution in [0, 0.1) is 0 Å². The molecule has 1 amide bonds. The van der Waals surface area contributed by atoms with Gasteiger partial charge in [-0.15, -0.1) is 0 Å². The van der Waals surface area contributed by atoms with Crippen molar-refractivity contribution in [2.75, 3.05) is 5.73 Å². The first kappa shape index (κ1) is 12.0. The van der Waals surface area contributed by atoms with Gasteiger partial charge in [0, 0.05) is 7.05 Å². The van der Waals surface area contributed by atoms with E-state index >= 15 is 0 Å². The molecule has 0 aliphatic rings. The van der Waals surface area contributed by atoms with Crippen molar-refractivity contribution < 1.29 is 4.79 Å². The van der Waals surface area contributed by atoms with E-state index in [-0.39, 0.29) is 17.6 Å². The third-order valence-corrected chi connectivity index (χ3v) is 2.48. The second-order valence-electron chi connectivity index (χ2n) is 3.88. The number of nitrogens with one attached hydrogen (secondary N) is 1. The second kappa shape index (κ2) is 4.82. The van der Waals surface area contributed by atoms with Crippen LogP contribution in [0.2, 0.25) is 0 Å². The molecule has 0 radical (unpaired) electrons. The van der Waals surface area contributed by atoms with E-state index < -0.39 is 0 Å². The fourth-order valence-corrected chi connectivity index (χ4v) is 1.61. The van der Waals surface area contributed by atoms with Crippen LogP contribution in [0.5, 0.6) is 0 Å². The highest BCUT2D eigenvalue weighted by atomic mass is 16.1. The number of nitrogen functional groups attached to an aromatic ring is 1. The number of nitrogens with two attached hydrogens (primary N) is 1. The number of carbonyl (C=O) groups excluding carboxylic acids is 1. The Balaban J connectivity index is 2.10. The predicted molar refractivity (Wildman–Crippen MR) is 65.5 cm³/mol. The van der Waals surface area contributed by atoms with Crippen LogP contribution in [0.3, 0.4) is 0 Å². The molecular formula is C11H14N6O. The van der Waals surface area contributed by atoms with Gasteiger partial charge in [-0.3, -0.25) is 9.48 Å². The van der Waals surface area contributed by atoms with Crippen LogP contribution in [-0.4, -0.2) is 25.7 Å². The molecule has 2 aromatic heterocycles. The van der Waals surface area contributed by atoms with Gasteiger partial charge in [0.15, 0.2) is 0 Å². The van der Waals surface area contributed by atoms with Crippen molar-refractivity contribution in [1.82, 2.24) is 25.1 Å². The average molecular weight is 246 g/mol. The minimum atomic E-state index is -0.294. The molecule has 2 rings (SSSR count). The molecule has 0 saturated heterocycles. The van der Waals surface area contributed by atoms with E-state index in [1.165, 1.54) is 6.33 Å². The quantitative estimate of drug-likeness (QED) is 0.810. The molecule has 7 nitrogen and oxygen atoms in total. The zero-order valence-electron chi connectivity index (χ0n) is 10.2. The predicted octanol–water partition coefficient (Wildman–Crippen LogP) is 0.283. The molecule has 0 aromatic carbocycles. The Labute approximate surface area is 104 Å². The molecule has 0 spiro atoms. The first-order chi connectivity index (χ1) is 8.58. The third kappa shape index (κ3) is 2.45. The Bertz CT molecular complexity index is 564. The number of hydrogen-bond donors (Lipinski definition) is 2. The lowest BCUT2D eigenvalue weighted by molar-refractivity contribution is 0.0933. The lowest BCUT2D eigenvalue weighted by atomic mass is 10.2. The number of amides is 1. The minimum absolute atomic E-state index is 0.256. The lowest BCUT2D eigenvalue weighted by Gasteiger charge is -2.12. The molecule has 18 heavy (non-hydrogen) atoms. The minimum Gasteiger partial charge on any atom is -0.384 e. The zero-order chi connectivity index (χ0) is 13.1. The standard InChI is InChI=1S/C11H14N6O/c1-7(10-13-6-14-17(10)2)15-11(18)8-4-3-5-9(12)16-8/h3-7H,1-2H3,(H2,12,16)(H,15,18)/t7-/m1/s1. The maximum absolute atomic E-state index is 11.9. The molecule has 1 atom stereocenters. The summed E-state index contributed by atoms with van der Waals surface area (Å²) in [5.41, 5.74) is 5.81. The molecule has 3 N–H and O–H groups in total. The Hall–Kier alpha value is -2.44. The van der Waals surface area contributed by atoms with Crippen molar-refractivity contribution in [3.05, 3.63) is 36.0 Å². The number of nitrogens with zero attached hydrogens (tertiary/aromatic N) is 4. The van der Waals surface area contributed by atoms with Gasteiger partial charge in [0.2, 0.25) is 0 Å². The molecule has 0 saturated carbocycles. The first-order valence-electron chi connectivity index (χ1n) is 5.45. The van der Waals surface area contributed by atoms with E-state index in [4.69, 9.17) is 5.73 Å². The zero-order valence-corrected chi connectivity index (χ0v) is 10.2. The topological polar surface area (TPSA) is 98.7 Å². The van der Waals surface area contributed by atoms with Crippen molar-refractivity contribution in [2.45, 2.75) is 13.0 Å². The summed E-state index contributed by atoms with van der Waals surface area (Å²) in [6, 6.07) is 4.66. The van der Waals surface area contributed by atoms with Crippen molar-refractivity contribution in [2.24, 2.45) is 7.05 Å². The molecular weight excluding hydrogens is 232 g/mol. The number of rotatable bonds is 3. The van der Waals surface area contributed by atoms with Crippen molar-refractivity contribution in [1.29, 1.82) is 0 Å². The Morgan fingerprint density at radius 3 is 2.89 bits per heavy atom. The summed E-state index contributed by atoms with van der Waals surface area (Å²) in [5.74, 6) is 0.694. The summed E-state index contributed by atoms with van der Waals surface area (Å²) in [6.07, 6.45) is 1.44. The third-order valence-electron chi connectivity index (χ3n) is 2.48. The van der Waals surface area contributed by atoms with E-state index in [9.17, 15) is 4.79 Å². The SMILES string of the molecule is C[C@@H](NC(=O)c1cccc(N)n1)c1ncnn1C. The number of aryl methyl sites for hydroxylation is 1. The maximum atomic E-state index is 11.9. The second-order valence-corrected chi connectivity index (χ2v) is 3.88. The Morgan fingerprint density at radius 1 is 1.50 bits per heavy atom. The summed E-state index contributed by atoms with van der Waals surface area (Å²) >= 11 is 0. The average Bonchev–Trinajstić information content (AvgIpc) is 2.75. The van der Waals surface area contributed by atoms with Crippen LogP contribution >= 0.6 is 0 Å². The highest BCUT2D eigenvalue weighted by Crippen LogP contribution is 2.08. The fourth-order valence-electron chi connectivity index (χ4n) is 1.61. The number of hydrogen-bond acceptors (Lipinski definition) is 5. The Kier molecular flexibility index (Phi) is 3.22. The highest BCUT2D eigenvalue weighted by Gasteiger charge is 2.15. The van der Waals surface area contributed by atoms with Gasteiger partial charge >= 0.3 is 0 Å². The lowest BCUT2D eigenvalue weighted by Crippen LogP contribution is -2.29. The van der Waals surface area contributed by atoms with Gasteiger partial charge in [-0.25, -0.2) is 9.97 Å². The monoisotopic (exact) mass is 246 g/mol. The van der Waals surface area contributed by atoms with Gasteiger partial charge < -0.3 is 11.1 Å². The maximum Gasteiger partial charge on any atom is 0.270 e. The van der Waals surface area contributed by atoms with Crippen LogP contribution in [0.4, 0.5) is 5.82 Å². The number of anilines is 1. The van der Waals surface area contributed by atoms with Crippen LogP contribution in [0.1, 0.15) is 29.3 Å². The molecule has 0 aliphatic heterocycles. The Morgan fingerprint density at radius 2 is 2.28 bits per heavy atom. The van der Waals surface area contributed by atoms with Crippen LogP contribution in [0.25, 0.3) is 0 Å². The van der Waals surface area contributed by atoms with E-state index in [1.54, 1.807) is 29.9 Å². The molecule has 7 heteroatoms. The first-order valence-corrected chi connectivity index (χ1v) is 5.45. The molecule has 94 valence electrons. The van der Waals surface area contributed by atoms with Crippen LogP contribution < -0.4 is 11.1 Å². The fraction of sp³-hybridized carbons (Fsp3) is 0.273. The van der Waals surface area contributed by atoms with Crippen LogP contribution in [-0.2, 0) is 7.05 Å². The van der Waals surface area contributed by atoms with Gasteiger partial charge in [0.1, 0.15) is 23.7 Å². The van der Waals surface area contributed by atoms with Gasteiger partial charge in [-0.2, -0.15) is 5.10 Å². The van der Waals surface area contributed by atoms with Crippen molar-refractivity contribution in [3.8, 4) is 0 Å². The smallest absolute Gasteiger partial charge is 0.270 e. The molecule has 0 aliphatic carbocycles. The van der Waals surface area contributed by atoms with E-state index in [0.29, 0.717) is 11.6 Å². The summed E-state index contributed by atoms with van der Waals surface area (Å²) in [7, 11) is 1.77. The number of carbonyl (C=O) groups is 1. The van der Waals surface area contributed by atoms with Crippen molar-refractivity contribution in [3.63, 3.8) is 0 Å². The molecule has 0 unspecified atom stereocenters. The summed E-state index contributed by atoms with van der Waals surface area (Å²) < 4.78 is 1.61. The molecule has 0 bridgehead atoms. The van der Waals surface area contributed by atoms with Gasteiger partial charge in [-0.05, 0) is 19.1 Å². The van der Waals surface area contributed by atoms with Gasteiger partial charge in [-0.1, -0.05) is 6.07 Å². The summed E-state index contributed by atoms with van der Waals surface area (Å²) in [4.78, 5) is 20.0. The molecule has 2 aromatic rings. The van der Waals surface area contributed by atoms with E-state index in [0.717, 1.165) is 0 Å². The van der Waals surface area contributed by atoms with E-state index in [1.807, 2.05) is 6.92 Å². The number of pyridine rings is 1. The largest absolute Gasteiger partial charge is 0.384 e. The van der Waals surface area contributed by atoms with Crippen LogP contribution in [0.15, 0.2) is 24.5 Å². The van der Waals surface area contributed by atoms with Gasteiger partial charge in [0.05, 0.1) is 6.04 Å². The van der Waals surface area contributed by atoms with Gasteiger partial charge in [0.25, 0.3) is 5.91 Å². The normalized spacial score (nSPS) is 12.1. The van der Waals surface area contributed by atoms with Crippen molar-refractivity contribution >= 4 is 11.7 Å². The number of aromatic nitrogens is 4. The summed E-state index contributed by atoms with van der Waals surface area (Å²) in [5, 5.41) is 6.74. The van der Waals surface area contributed by atoms with E-state index in [2.05, 4.69) is 20.4 Å². The molecule has 0 fully saturated rings.